The topological polar surface area (TPSA) is 49.6 Å². The van der Waals surface area contributed by atoms with Crippen LogP contribution in [0.1, 0.15) is 41.0 Å². The van der Waals surface area contributed by atoms with Gasteiger partial charge >= 0.3 is 0 Å². The number of rotatable bonds is 4. The predicted molar refractivity (Wildman–Crippen MR) is 83.1 cm³/mol. The van der Waals surface area contributed by atoms with Gasteiger partial charge in [0.15, 0.2) is 0 Å². The zero-order valence-corrected chi connectivity index (χ0v) is 13.6. The summed E-state index contributed by atoms with van der Waals surface area (Å²) in [5.74, 6) is 0.253. The summed E-state index contributed by atoms with van der Waals surface area (Å²) in [7, 11) is 0. The van der Waals surface area contributed by atoms with E-state index in [1.54, 1.807) is 0 Å². The molecule has 0 atom stereocenters. The number of piperazine rings is 1. The van der Waals surface area contributed by atoms with Crippen molar-refractivity contribution in [3.05, 3.63) is 0 Å². The summed E-state index contributed by atoms with van der Waals surface area (Å²) in [4.78, 5) is 17.1. The molecular formula is C14H27N3OS. The van der Waals surface area contributed by atoms with Crippen molar-refractivity contribution < 1.29 is 4.79 Å². The van der Waals surface area contributed by atoms with Crippen molar-refractivity contribution in [1.82, 2.24) is 9.80 Å². The quantitative estimate of drug-likeness (QED) is 0.798. The lowest BCUT2D eigenvalue weighted by Crippen LogP contribution is -2.60. The Morgan fingerprint density at radius 3 is 2.00 bits per heavy atom. The highest BCUT2D eigenvalue weighted by molar-refractivity contribution is 7.80. The zero-order valence-electron chi connectivity index (χ0n) is 12.8. The third-order valence-electron chi connectivity index (χ3n) is 4.42. The van der Waals surface area contributed by atoms with E-state index in [0.29, 0.717) is 4.99 Å². The number of carbonyl (C=O) groups is 1. The van der Waals surface area contributed by atoms with Crippen LogP contribution >= 0.6 is 12.2 Å². The van der Waals surface area contributed by atoms with Crippen LogP contribution in [0.4, 0.5) is 0 Å². The molecule has 1 heterocycles. The molecule has 0 saturated carbocycles. The third-order valence-corrected chi connectivity index (χ3v) is 4.92. The maximum absolute atomic E-state index is 12.4. The Morgan fingerprint density at radius 2 is 1.63 bits per heavy atom. The summed E-state index contributed by atoms with van der Waals surface area (Å²) in [6.45, 7) is 13.4. The monoisotopic (exact) mass is 285 g/mol. The molecule has 1 rings (SSSR count). The first kappa shape index (κ1) is 16.4. The fourth-order valence-corrected chi connectivity index (χ4v) is 2.33. The van der Waals surface area contributed by atoms with Crippen molar-refractivity contribution in [3.8, 4) is 0 Å². The molecule has 19 heavy (non-hydrogen) atoms. The zero-order chi connectivity index (χ0) is 14.8. The second-order valence-electron chi connectivity index (χ2n) is 6.44. The van der Waals surface area contributed by atoms with Gasteiger partial charge in [0, 0.05) is 31.6 Å². The number of thiocarbonyl (C=S) groups is 1. The Hall–Kier alpha value is -0.680. The van der Waals surface area contributed by atoms with E-state index >= 15 is 0 Å². The second-order valence-corrected chi connectivity index (χ2v) is 6.88. The summed E-state index contributed by atoms with van der Waals surface area (Å²) in [5, 5.41) is 0. The van der Waals surface area contributed by atoms with Crippen LogP contribution in [0.3, 0.4) is 0 Å². The van der Waals surface area contributed by atoms with E-state index in [0.717, 1.165) is 32.6 Å². The van der Waals surface area contributed by atoms with E-state index in [-0.39, 0.29) is 16.9 Å². The highest BCUT2D eigenvalue weighted by Crippen LogP contribution is 2.25. The SMILES string of the molecule is CCC(C)(C)C(=O)N1CCN(C(C)(C)C(N)=S)CC1. The minimum Gasteiger partial charge on any atom is -0.392 e. The lowest BCUT2D eigenvalue weighted by molar-refractivity contribution is -0.142. The van der Waals surface area contributed by atoms with Gasteiger partial charge in [0.05, 0.1) is 10.5 Å². The summed E-state index contributed by atoms with van der Waals surface area (Å²) in [6.07, 6.45) is 0.866. The number of nitrogens with zero attached hydrogens (tertiary/aromatic N) is 2. The number of hydrogen-bond acceptors (Lipinski definition) is 3. The van der Waals surface area contributed by atoms with Crippen molar-refractivity contribution in [2.45, 2.75) is 46.6 Å². The van der Waals surface area contributed by atoms with Gasteiger partial charge in [0.1, 0.15) is 0 Å². The van der Waals surface area contributed by atoms with E-state index in [4.69, 9.17) is 18.0 Å². The third kappa shape index (κ3) is 3.45. The van der Waals surface area contributed by atoms with Gasteiger partial charge in [-0.2, -0.15) is 0 Å². The largest absolute Gasteiger partial charge is 0.392 e. The summed E-state index contributed by atoms with van der Waals surface area (Å²) < 4.78 is 0. The first-order chi connectivity index (χ1) is 8.63. The molecular weight excluding hydrogens is 258 g/mol. The molecule has 4 nitrogen and oxygen atoms in total. The maximum Gasteiger partial charge on any atom is 0.228 e. The summed E-state index contributed by atoms with van der Waals surface area (Å²) >= 11 is 5.13. The predicted octanol–water partition coefficient (Wildman–Crippen LogP) is 1.63. The van der Waals surface area contributed by atoms with Gasteiger partial charge in [-0.1, -0.05) is 33.0 Å². The van der Waals surface area contributed by atoms with E-state index in [9.17, 15) is 4.79 Å². The smallest absolute Gasteiger partial charge is 0.228 e. The Kier molecular flexibility index (Phi) is 4.96. The number of nitrogens with two attached hydrogens (primary N) is 1. The van der Waals surface area contributed by atoms with Gasteiger partial charge in [-0.3, -0.25) is 9.69 Å². The first-order valence-electron chi connectivity index (χ1n) is 6.97. The molecule has 0 aliphatic carbocycles. The summed E-state index contributed by atoms with van der Waals surface area (Å²) in [5.41, 5.74) is 5.26. The van der Waals surface area contributed by atoms with Crippen molar-refractivity contribution in [1.29, 1.82) is 0 Å². The molecule has 0 bridgehead atoms. The molecule has 1 amide bonds. The molecule has 1 saturated heterocycles. The van der Waals surface area contributed by atoms with Crippen molar-refractivity contribution >= 4 is 23.1 Å². The average Bonchev–Trinajstić information content (AvgIpc) is 2.37. The van der Waals surface area contributed by atoms with Crippen LogP contribution in [0.25, 0.3) is 0 Å². The molecule has 0 unspecified atom stereocenters. The maximum atomic E-state index is 12.4. The van der Waals surface area contributed by atoms with Gasteiger partial charge in [0.25, 0.3) is 0 Å². The molecule has 0 aromatic rings. The highest BCUT2D eigenvalue weighted by atomic mass is 32.1. The van der Waals surface area contributed by atoms with Gasteiger partial charge in [-0.05, 0) is 20.3 Å². The second kappa shape index (κ2) is 5.75. The van der Waals surface area contributed by atoms with Crippen LogP contribution in [-0.4, -0.2) is 52.4 Å². The van der Waals surface area contributed by atoms with Gasteiger partial charge in [0.2, 0.25) is 5.91 Å². The van der Waals surface area contributed by atoms with Gasteiger partial charge in [-0.25, -0.2) is 0 Å². The lowest BCUT2D eigenvalue weighted by Gasteiger charge is -2.44. The van der Waals surface area contributed by atoms with E-state index in [1.165, 1.54) is 0 Å². The Labute approximate surface area is 122 Å². The fourth-order valence-electron chi connectivity index (χ4n) is 2.20. The molecule has 1 aliphatic heterocycles. The minimum absolute atomic E-state index is 0.253. The molecule has 0 aromatic heterocycles. The van der Waals surface area contributed by atoms with Crippen LogP contribution in [0.5, 0.6) is 0 Å². The Balaban J connectivity index is 2.64. The Bertz CT molecular complexity index is 358. The fraction of sp³-hybridized carbons (Fsp3) is 0.857. The molecule has 110 valence electrons. The van der Waals surface area contributed by atoms with E-state index < -0.39 is 0 Å². The lowest BCUT2D eigenvalue weighted by atomic mass is 9.88. The van der Waals surface area contributed by atoms with Crippen LogP contribution in [-0.2, 0) is 4.79 Å². The van der Waals surface area contributed by atoms with E-state index in [1.807, 2.05) is 32.6 Å². The van der Waals surface area contributed by atoms with Gasteiger partial charge in [-0.15, -0.1) is 0 Å². The van der Waals surface area contributed by atoms with Crippen molar-refractivity contribution in [2.75, 3.05) is 26.2 Å². The summed E-state index contributed by atoms with van der Waals surface area (Å²) in [6, 6.07) is 0. The van der Waals surface area contributed by atoms with Crippen LogP contribution in [0.2, 0.25) is 0 Å². The van der Waals surface area contributed by atoms with Crippen LogP contribution in [0.15, 0.2) is 0 Å². The van der Waals surface area contributed by atoms with Crippen LogP contribution in [0, 0.1) is 5.41 Å². The normalized spacial score (nSPS) is 18.5. The van der Waals surface area contributed by atoms with Crippen molar-refractivity contribution in [3.63, 3.8) is 0 Å². The molecule has 2 N–H and O–H groups in total. The standard InChI is InChI=1S/C14H27N3OS/c1-6-13(2,3)12(18)16-7-9-17(10-8-16)14(4,5)11(15)19/h6-10H2,1-5H3,(H2,15,19). The molecule has 5 heteroatoms. The van der Waals surface area contributed by atoms with Crippen molar-refractivity contribution in [2.24, 2.45) is 11.1 Å². The molecule has 1 fully saturated rings. The minimum atomic E-state index is -0.273. The van der Waals surface area contributed by atoms with Gasteiger partial charge < -0.3 is 10.6 Å². The van der Waals surface area contributed by atoms with E-state index in [2.05, 4.69) is 11.8 Å². The highest BCUT2D eigenvalue weighted by Gasteiger charge is 2.36. The number of hydrogen-bond donors (Lipinski definition) is 1. The average molecular weight is 285 g/mol. The number of carbonyl (C=O) groups excluding carboxylic acids is 1. The Morgan fingerprint density at radius 1 is 1.16 bits per heavy atom. The molecule has 0 spiro atoms. The van der Waals surface area contributed by atoms with Crippen LogP contribution < -0.4 is 5.73 Å². The molecule has 0 radical (unpaired) electrons. The molecule has 0 aromatic carbocycles. The molecule has 1 aliphatic rings. The number of amides is 1. The first-order valence-corrected chi connectivity index (χ1v) is 7.38.